The number of quaternary nitrogens is 1. The van der Waals surface area contributed by atoms with E-state index in [4.69, 9.17) is 4.55 Å². The summed E-state index contributed by atoms with van der Waals surface area (Å²) in [6.07, 6.45) is 9.83. The van der Waals surface area contributed by atoms with Crippen LogP contribution in [0, 0.1) is 0 Å². The van der Waals surface area contributed by atoms with E-state index in [2.05, 4.69) is 37.2 Å². The van der Waals surface area contributed by atoms with Crippen molar-refractivity contribution in [1.82, 2.24) is 4.31 Å². The first-order valence-electron chi connectivity index (χ1n) is 12.4. The fourth-order valence-corrected chi connectivity index (χ4v) is 4.83. The van der Waals surface area contributed by atoms with Crippen molar-refractivity contribution in [1.29, 1.82) is 0 Å². The first-order valence-corrected chi connectivity index (χ1v) is 13.8. The van der Waals surface area contributed by atoms with Gasteiger partial charge in [-0.15, -0.1) is 0 Å². The second-order valence-corrected chi connectivity index (χ2v) is 9.90. The van der Waals surface area contributed by atoms with Crippen LogP contribution in [0.1, 0.15) is 86.0 Å². The van der Waals surface area contributed by atoms with E-state index in [0.717, 1.165) is 7.11 Å². The van der Waals surface area contributed by atoms with E-state index in [9.17, 15) is 18.0 Å². The van der Waals surface area contributed by atoms with Crippen LogP contribution in [-0.4, -0.2) is 85.7 Å². The molecule has 196 valence electrons. The molecule has 1 heterocycles. The summed E-state index contributed by atoms with van der Waals surface area (Å²) in [5.41, 5.74) is 0. The molecule has 0 aromatic carbocycles. The molecule has 2 unspecified atom stereocenters. The second kappa shape index (κ2) is 16.4. The Balaban J connectivity index is 0.000000621. The standard InChI is InChI=1S/C16H36N.C7H11NO7S/c1-5-9-13-17(14-10-6-2,15-11-7-3)16-12-8-4;1-3-15-7(10)4-5(14-2)6(9)8(4)16(11,12)13/h5-16H2,1-4H3;4-5H,3H2,1-2H3,(H,11,12,13)/q+1;. The number of hydrogen-bond acceptors (Lipinski definition) is 6. The van der Waals surface area contributed by atoms with E-state index in [1.807, 2.05) is 0 Å². The quantitative estimate of drug-likeness (QED) is 0.151. The third-order valence-electron chi connectivity index (χ3n) is 5.97. The molecule has 1 amide bonds. The molecule has 0 bridgehead atoms. The number of β-lactam (4-membered cyclic amide) rings is 1. The zero-order valence-electron chi connectivity index (χ0n) is 21.5. The van der Waals surface area contributed by atoms with Crippen molar-refractivity contribution in [2.45, 2.75) is 98.1 Å². The van der Waals surface area contributed by atoms with E-state index in [-0.39, 0.29) is 10.9 Å². The van der Waals surface area contributed by atoms with Gasteiger partial charge in [0.2, 0.25) is 0 Å². The van der Waals surface area contributed by atoms with E-state index < -0.39 is 34.3 Å². The third kappa shape index (κ3) is 10.3. The Hall–Kier alpha value is -1.23. The molecule has 1 N–H and O–H groups in total. The number of hydrogen-bond donors (Lipinski definition) is 1. The lowest BCUT2D eigenvalue weighted by Crippen LogP contribution is -2.70. The molecule has 2 atom stereocenters. The monoisotopic (exact) mass is 495 g/mol. The van der Waals surface area contributed by atoms with Crippen LogP contribution in [0.3, 0.4) is 0 Å². The molecule has 1 aliphatic heterocycles. The number of esters is 1. The van der Waals surface area contributed by atoms with Crippen LogP contribution in [0.4, 0.5) is 0 Å². The van der Waals surface area contributed by atoms with Gasteiger partial charge in [0, 0.05) is 7.11 Å². The van der Waals surface area contributed by atoms with Crippen LogP contribution >= 0.6 is 0 Å². The summed E-state index contributed by atoms with van der Waals surface area (Å²) in [7, 11) is -3.62. The van der Waals surface area contributed by atoms with Gasteiger partial charge in [-0.05, 0) is 32.6 Å². The van der Waals surface area contributed by atoms with Crippen molar-refractivity contribution in [3.8, 4) is 0 Å². The van der Waals surface area contributed by atoms with Crippen molar-refractivity contribution in [2.75, 3.05) is 39.9 Å². The highest BCUT2D eigenvalue weighted by atomic mass is 32.2. The summed E-state index contributed by atoms with van der Waals surface area (Å²) in [5, 5.41) is 0. The van der Waals surface area contributed by atoms with Gasteiger partial charge in [0.25, 0.3) is 5.91 Å². The van der Waals surface area contributed by atoms with Crippen LogP contribution in [-0.2, 0) is 29.4 Å². The summed E-state index contributed by atoms with van der Waals surface area (Å²) in [5.74, 6) is -1.94. The van der Waals surface area contributed by atoms with Crippen molar-refractivity contribution >= 4 is 22.2 Å². The highest BCUT2D eigenvalue weighted by Crippen LogP contribution is 2.26. The fraction of sp³-hybridized carbons (Fsp3) is 0.913. The molecule has 0 radical (unpaired) electrons. The highest BCUT2D eigenvalue weighted by molar-refractivity contribution is 7.84. The molecule has 1 fully saturated rings. The molecule has 0 aromatic heterocycles. The Morgan fingerprint density at radius 2 is 1.30 bits per heavy atom. The lowest BCUT2D eigenvalue weighted by Gasteiger charge is -2.40. The number of amides is 1. The van der Waals surface area contributed by atoms with Crippen LogP contribution in [0.2, 0.25) is 0 Å². The molecular formula is C23H47N2O7S+. The average molecular weight is 496 g/mol. The fourth-order valence-electron chi connectivity index (χ4n) is 4.02. The number of nitrogens with zero attached hydrogens (tertiary/aromatic N) is 2. The molecule has 0 aliphatic carbocycles. The van der Waals surface area contributed by atoms with Gasteiger partial charge in [-0.3, -0.25) is 9.35 Å². The average Bonchev–Trinajstić information content (AvgIpc) is 2.76. The Labute approximate surface area is 201 Å². The minimum Gasteiger partial charge on any atom is -0.464 e. The third-order valence-corrected chi connectivity index (χ3v) is 6.88. The van der Waals surface area contributed by atoms with Crippen molar-refractivity contribution in [2.24, 2.45) is 0 Å². The second-order valence-electron chi connectivity index (χ2n) is 8.62. The molecule has 10 heteroatoms. The molecule has 0 aromatic rings. The van der Waals surface area contributed by atoms with Gasteiger partial charge in [0.05, 0.1) is 32.8 Å². The van der Waals surface area contributed by atoms with Crippen LogP contribution in [0.15, 0.2) is 0 Å². The van der Waals surface area contributed by atoms with Gasteiger partial charge in [-0.2, -0.15) is 12.7 Å². The van der Waals surface area contributed by atoms with Gasteiger partial charge < -0.3 is 14.0 Å². The van der Waals surface area contributed by atoms with E-state index in [1.54, 1.807) is 0 Å². The van der Waals surface area contributed by atoms with Crippen LogP contribution in [0.5, 0.6) is 0 Å². The normalized spacial score (nSPS) is 18.4. The first kappa shape index (κ1) is 31.8. The van der Waals surface area contributed by atoms with E-state index >= 15 is 0 Å². The summed E-state index contributed by atoms with van der Waals surface area (Å²) in [6.45, 7) is 16.6. The Bertz CT molecular complexity index is 632. The minimum absolute atomic E-state index is 0.0271. The Kier molecular flexibility index (Phi) is 15.8. The van der Waals surface area contributed by atoms with Gasteiger partial charge in [-0.1, -0.05) is 53.4 Å². The Morgan fingerprint density at radius 1 is 0.909 bits per heavy atom. The largest absolute Gasteiger partial charge is 0.464 e. The van der Waals surface area contributed by atoms with E-state index in [1.165, 1.54) is 89.0 Å². The smallest absolute Gasteiger partial charge is 0.363 e. The van der Waals surface area contributed by atoms with Crippen LogP contribution < -0.4 is 0 Å². The van der Waals surface area contributed by atoms with Crippen molar-refractivity contribution in [3.05, 3.63) is 0 Å². The molecule has 1 saturated heterocycles. The first-order chi connectivity index (χ1) is 15.6. The van der Waals surface area contributed by atoms with Gasteiger partial charge in [0.15, 0.2) is 12.1 Å². The number of unbranched alkanes of at least 4 members (excludes halogenated alkanes) is 4. The number of carbonyl (C=O) groups is 2. The SMILES string of the molecule is CCCC[N+](CCCC)(CCCC)CCCC.CCOC(=O)C1C(OC)C(=O)N1S(=O)(=O)O. The van der Waals surface area contributed by atoms with Crippen molar-refractivity contribution in [3.63, 3.8) is 0 Å². The van der Waals surface area contributed by atoms with Crippen LogP contribution in [0.25, 0.3) is 0 Å². The maximum atomic E-state index is 11.3. The predicted molar refractivity (Wildman–Crippen MR) is 129 cm³/mol. The molecule has 1 aliphatic rings. The number of ether oxygens (including phenoxy) is 2. The molecule has 33 heavy (non-hydrogen) atoms. The van der Waals surface area contributed by atoms with E-state index in [0.29, 0.717) is 0 Å². The summed E-state index contributed by atoms with van der Waals surface area (Å²) >= 11 is 0. The lowest BCUT2D eigenvalue weighted by atomic mass is 10.0. The molecule has 0 saturated carbocycles. The van der Waals surface area contributed by atoms with Crippen molar-refractivity contribution < 1.29 is 36.5 Å². The van der Waals surface area contributed by atoms with Gasteiger partial charge in [0.1, 0.15) is 0 Å². The molecule has 0 spiro atoms. The number of rotatable bonds is 16. The summed E-state index contributed by atoms with van der Waals surface area (Å²) in [4.78, 5) is 22.5. The number of carbonyl (C=O) groups excluding carboxylic acids is 2. The van der Waals surface area contributed by atoms with Gasteiger partial charge >= 0.3 is 16.3 Å². The summed E-state index contributed by atoms with van der Waals surface area (Å²) in [6, 6.07) is -1.45. The highest BCUT2D eigenvalue weighted by Gasteiger charge is 2.58. The maximum Gasteiger partial charge on any atom is 0.363 e. The predicted octanol–water partition coefficient (Wildman–Crippen LogP) is 3.58. The zero-order valence-corrected chi connectivity index (χ0v) is 22.4. The maximum absolute atomic E-state index is 11.3. The minimum atomic E-state index is -4.77. The molecule has 9 nitrogen and oxygen atoms in total. The summed E-state index contributed by atoms with van der Waals surface area (Å²) < 4.78 is 41.0. The number of methoxy groups -OCH3 is 1. The Morgan fingerprint density at radius 3 is 1.58 bits per heavy atom. The van der Waals surface area contributed by atoms with Gasteiger partial charge in [-0.25, -0.2) is 4.79 Å². The lowest BCUT2D eigenvalue weighted by molar-refractivity contribution is -0.929. The zero-order chi connectivity index (χ0) is 25.5. The molecule has 1 rings (SSSR count). The topological polar surface area (TPSA) is 110 Å². The molecular weight excluding hydrogens is 448 g/mol.